The van der Waals surface area contributed by atoms with Gasteiger partial charge in [-0.25, -0.2) is 0 Å². The Morgan fingerprint density at radius 2 is 1.71 bits per heavy atom. The predicted molar refractivity (Wildman–Crippen MR) is 75.1 cm³/mol. The van der Waals surface area contributed by atoms with Crippen molar-refractivity contribution < 1.29 is 0 Å². The maximum atomic E-state index is 6.24. The van der Waals surface area contributed by atoms with E-state index in [2.05, 4.69) is 6.07 Å². The number of para-hydroxylation sites is 1. The summed E-state index contributed by atoms with van der Waals surface area (Å²) < 4.78 is 0. The van der Waals surface area contributed by atoms with E-state index in [4.69, 9.17) is 23.2 Å². The van der Waals surface area contributed by atoms with E-state index < -0.39 is 0 Å². The molecule has 17 heavy (non-hydrogen) atoms. The lowest BCUT2D eigenvalue weighted by Crippen LogP contribution is -2.10. The fourth-order valence-corrected chi connectivity index (χ4v) is 2.13. The largest absolute Gasteiger partial charge is 0.377 e. The highest BCUT2D eigenvalue weighted by molar-refractivity contribution is 6.43. The molecule has 2 rings (SSSR count). The lowest BCUT2D eigenvalue weighted by molar-refractivity contribution is 1.13. The van der Waals surface area contributed by atoms with Crippen LogP contribution in [0.3, 0.4) is 0 Å². The molecule has 0 aliphatic rings. The summed E-state index contributed by atoms with van der Waals surface area (Å²) in [5, 5.41) is 1.15. The zero-order chi connectivity index (χ0) is 12.4. The Morgan fingerprint density at radius 3 is 2.41 bits per heavy atom. The molecule has 0 heterocycles. The summed E-state index contributed by atoms with van der Waals surface area (Å²) in [7, 11) is 3.96. The molecular weight excluding hydrogens is 253 g/mol. The Labute approximate surface area is 112 Å². The molecule has 0 aliphatic carbocycles. The van der Waals surface area contributed by atoms with Crippen LogP contribution in [0.25, 0.3) is 11.1 Å². The van der Waals surface area contributed by atoms with Gasteiger partial charge in [-0.15, -0.1) is 0 Å². The van der Waals surface area contributed by atoms with Crippen LogP contribution in [0.4, 0.5) is 5.69 Å². The van der Waals surface area contributed by atoms with Gasteiger partial charge >= 0.3 is 0 Å². The Balaban J connectivity index is 2.64. The average molecular weight is 265 g/mol. The first-order valence-corrected chi connectivity index (χ1v) is 5.99. The first kappa shape index (κ1) is 12.3. The van der Waals surface area contributed by atoms with E-state index in [-0.39, 0.29) is 0 Å². The number of hydrogen-bond donors (Lipinski definition) is 0. The van der Waals surface area contributed by atoms with E-state index in [0.717, 1.165) is 16.8 Å². The molecule has 1 radical (unpaired) electrons. The fourth-order valence-electron chi connectivity index (χ4n) is 1.73. The second kappa shape index (κ2) is 4.99. The maximum Gasteiger partial charge on any atom is 0.0671 e. The molecule has 0 unspecified atom stereocenters. The summed E-state index contributed by atoms with van der Waals surface area (Å²) in [6.45, 7) is 0. The fraction of sp³-hybridized carbons (Fsp3) is 0.143. The molecule has 0 saturated carbocycles. The molecule has 0 N–H and O–H groups in total. The predicted octanol–water partition coefficient (Wildman–Crippen LogP) is 4.53. The highest BCUT2D eigenvalue weighted by Crippen LogP contribution is 2.37. The molecule has 0 bridgehead atoms. The van der Waals surface area contributed by atoms with Crippen molar-refractivity contribution in [2.75, 3.05) is 19.0 Å². The molecule has 0 aliphatic heterocycles. The quantitative estimate of drug-likeness (QED) is 0.771. The van der Waals surface area contributed by atoms with Crippen LogP contribution in [0.2, 0.25) is 10.0 Å². The average Bonchev–Trinajstić information content (AvgIpc) is 2.33. The molecule has 0 atom stereocenters. The minimum Gasteiger partial charge on any atom is -0.377 e. The molecular formula is C14H12Cl2N. The molecule has 0 spiro atoms. The molecule has 0 amide bonds. The molecule has 2 aromatic carbocycles. The van der Waals surface area contributed by atoms with E-state index in [9.17, 15) is 0 Å². The normalized spacial score (nSPS) is 10.4. The van der Waals surface area contributed by atoms with Gasteiger partial charge in [-0.2, -0.15) is 0 Å². The van der Waals surface area contributed by atoms with Crippen molar-refractivity contribution in [3.8, 4) is 11.1 Å². The molecule has 2 aromatic rings. The third-order valence-electron chi connectivity index (χ3n) is 2.52. The van der Waals surface area contributed by atoms with E-state index in [1.54, 1.807) is 6.07 Å². The lowest BCUT2D eigenvalue weighted by atomic mass is 10.0. The smallest absolute Gasteiger partial charge is 0.0671 e. The van der Waals surface area contributed by atoms with Crippen molar-refractivity contribution >= 4 is 28.9 Å². The van der Waals surface area contributed by atoms with Crippen LogP contribution in [0.1, 0.15) is 0 Å². The second-order valence-corrected chi connectivity index (χ2v) is 4.71. The molecule has 0 saturated heterocycles. The number of anilines is 1. The van der Waals surface area contributed by atoms with Gasteiger partial charge < -0.3 is 4.90 Å². The molecule has 1 nitrogen and oxygen atoms in total. The Bertz CT molecular complexity index is 535. The van der Waals surface area contributed by atoms with Gasteiger partial charge in [0.2, 0.25) is 0 Å². The first-order valence-electron chi connectivity index (χ1n) is 5.23. The maximum absolute atomic E-state index is 6.24. The topological polar surface area (TPSA) is 3.24 Å². The number of benzene rings is 2. The Morgan fingerprint density at radius 1 is 1.00 bits per heavy atom. The van der Waals surface area contributed by atoms with Gasteiger partial charge in [-0.1, -0.05) is 53.5 Å². The van der Waals surface area contributed by atoms with Gasteiger partial charge in [0.25, 0.3) is 0 Å². The Hall–Kier alpha value is -1.18. The second-order valence-electron chi connectivity index (χ2n) is 3.93. The summed E-state index contributed by atoms with van der Waals surface area (Å²) in [6, 6.07) is 14.7. The summed E-state index contributed by atoms with van der Waals surface area (Å²) in [5.74, 6) is 0. The van der Waals surface area contributed by atoms with Crippen molar-refractivity contribution in [1.82, 2.24) is 0 Å². The van der Waals surface area contributed by atoms with Crippen LogP contribution in [0.5, 0.6) is 0 Å². The minimum atomic E-state index is 0.567. The van der Waals surface area contributed by atoms with Gasteiger partial charge in [0.1, 0.15) is 0 Å². The highest BCUT2D eigenvalue weighted by Gasteiger charge is 2.11. The summed E-state index contributed by atoms with van der Waals surface area (Å²) in [6.07, 6.45) is 0. The summed E-state index contributed by atoms with van der Waals surface area (Å²) >= 11 is 12.3. The van der Waals surface area contributed by atoms with Gasteiger partial charge in [0.15, 0.2) is 0 Å². The van der Waals surface area contributed by atoms with Gasteiger partial charge in [0.05, 0.1) is 15.7 Å². The number of hydrogen-bond acceptors (Lipinski definition) is 1. The van der Waals surface area contributed by atoms with Crippen LogP contribution in [-0.2, 0) is 0 Å². The number of nitrogens with zero attached hydrogens (tertiary/aromatic N) is 1. The zero-order valence-electron chi connectivity index (χ0n) is 9.67. The number of halogens is 2. The molecule has 0 fully saturated rings. The van der Waals surface area contributed by atoms with E-state index in [1.807, 2.05) is 49.3 Å². The lowest BCUT2D eigenvalue weighted by Gasteiger charge is -2.18. The third-order valence-corrected chi connectivity index (χ3v) is 3.34. The van der Waals surface area contributed by atoms with Gasteiger partial charge in [-0.3, -0.25) is 0 Å². The van der Waals surface area contributed by atoms with Gasteiger partial charge in [0, 0.05) is 31.3 Å². The summed E-state index contributed by atoms with van der Waals surface area (Å²) in [4.78, 5) is 2.01. The van der Waals surface area contributed by atoms with Gasteiger partial charge in [-0.05, 0) is 6.07 Å². The van der Waals surface area contributed by atoms with Crippen LogP contribution in [0, 0.1) is 6.07 Å². The molecule has 0 aromatic heterocycles. The highest BCUT2D eigenvalue weighted by atomic mass is 35.5. The van der Waals surface area contributed by atoms with Crippen molar-refractivity contribution in [2.24, 2.45) is 0 Å². The van der Waals surface area contributed by atoms with Crippen LogP contribution < -0.4 is 4.90 Å². The van der Waals surface area contributed by atoms with Crippen LogP contribution >= 0.6 is 23.2 Å². The van der Waals surface area contributed by atoms with Crippen molar-refractivity contribution in [2.45, 2.75) is 0 Å². The first-order chi connectivity index (χ1) is 8.11. The van der Waals surface area contributed by atoms with Crippen LogP contribution in [-0.4, -0.2) is 14.1 Å². The SMILES string of the molecule is CN(C)c1[c]cccc1-c1cccc(Cl)c1Cl. The van der Waals surface area contributed by atoms with E-state index >= 15 is 0 Å². The van der Waals surface area contributed by atoms with E-state index in [1.165, 1.54) is 0 Å². The minimum absolute atomic E-state index is 0.567. The molecule has 87 valence electrons. The number of rotatable bonds is 2. The standard InChI is InChI=1S/C14H12Cl2N/c1-17(2)13-9-4-3-6-10(13)11-7-5-8-12(15)14(11)16/h3-8H,1-2H3. The van der Waals surface area contributed by atoms with Crippen molar-refractivity contribution in [3.05, 3.63) is 52.5 Å². The van der Waals surface area contributed by atoms with Crippen LogP contribution in [0.15, 0.2) is 36.4 Å². The molecule has 3 heteroatoms. The Kier molecular flexibility index (Phi) is 3.60. The van der Waals surface area contributed by atoms with E-state index in [0.29, 0.717) is 10.0 Å². The zero-order valence-corrected chi connectivity index (χ0v) is 11.2. The monoisotopic (exact) mass is 264 g/mol. The van der Waals surface area contributed by atoms with Crippen molar-refractivity contribution in [3.63, 3.8) is 0 Å². The third kappa shape index (κ3) is 2.41. The summed E-state index contributed by atoms with van der Waals surface area (Å²) in [5.41, 5.74) is 2.96. The van der Waals surface area contributed by atoms with Crippen molar-refractivity contribution in [1.29, 1.82) is 0 Å².